The fourth-order valence-corrected chi connectivity index (χ4v) is 1.54. The number of nitrogens with one attached hydrogen (secondary N) is 1. The van der Waals surface area contributed by atoms with Crippen molar-refractivity contribution in [3.63, 3.8) is 0 Å². The predicted molar refractivity (Wildman–Crippen MR) is 70.2 cm³/mol. The number of para-hydroxylation sites is 1. The number of carbonyl (C=O) groups excluding carboxylic acids is 1. The van der Waals surface area contributed by atoms with Crippen LogP contribution in [-0.4, -0.2) is 29.1 Å². The molecule has 5 heteroatoms. The Kier molecular flexibility index (Phi) is 4.47. The smallest absolute Gasteiger partial charge is 0.255 e. The van der Waals surface area contributed by atoms with Gasteiger partial charge < -0.3 is 15.2 Å². The quantitative estimate of drug-likeness (QED) is 0.854. The first-order chi connectivity index (χ1) is 9.31. The largest absolute Gasteiger partial charge is 0.455 e. The first-order valence-corrected chi connectivity index (χ1v) is 5.87. The molecule has 5 nitrogen and oxygen atoms in total. The lowest BCUT2D eigenvalue weighted by molar-refractivity contribution is 0.0942. The Labute approximate surface area is 110 Å². The minimum Gasteiger partial charge on any atom is -0.455 e. The maximum atomic E-state index is 11.9. The summed E-state index contributed by atoms with van der Waals surface area (Å²) in [5, 5.41) is 11.3. The van der Waals surface area contributed by atoms with Crippen LogP contribution in [0.15, 0.2) is 48.8 Å². The maximum absolute atomic E-state index is 11.9. The summed E-state index contributed by atoms with van der Waals surface area (Å²) in [4.78, 5) is 15.8. The van der Waals surface area contributed by atoms with E-state index in [1.807, 2.05) is 0 Å². The molecule has 1 aromatic carbocycles. The fraction of sp³-hybridized carbons (Fsp3) is 0.143. The number of carbonyl (C=O) groups is 1. The second kappa shape index (κ2) is 6.51. The van der Waals surface area contributed by atoms with Crippen molar-refractivity contribution in [2.75, 3.05) is 13.2 Å². The molecule has 1 aromatic heterocycles. The zero-order chi connectivity index (χ0) is 13.5. The van der Waals surface area contributed by atoms with Crippen molar-refractivity contribution >= 4 is 5.91 Å². The molecular weight excluding hydrogens is 244 g/mol. The van der Waals surface area contributed by atoms with Crippen molar-refractivity contribution < 1.29 is 14.6 Å². The van der Waals surface area contributed by atoms with Crippen LogP contribution in [0.4, 0.5) is 0 Å². The molecule has 98 valence electrons. The number of pyridine rings is 1. The van der Waals surface area contributed by atoms with Crippen molar-refractivity contribution in [2.45, 2.75) is 0 Å². The van der Waals surface area contributed by atoms with Gasteiger partial charge in [0.2, 0.25) is 0 Å². The summed E-state index contributed by atoms with van der Waals surface area (Å²) < 4.78 is 5.62. The highest BCUT2D eigenvalue weighted by molar-refractivity contribution is 5.96. The van der Waals surface area contributed by atoms with E-state index in [2.05, 4.69) is 10.3 Å². The van der Waals surface area contributed by atoms with Gasteiger partial charge >= 0.3 is 0 Å². The van der Waals surface area contributed by atoms with Crippen LogP contribution in [0.2, 0.25) is 0 Å². The van der Waals surface area contributed by atoms with Crippen LogP contribution in [0, 0.1) is 0 Å². The Morgan fingerprint density at radius 1 is 1.26 bits per heavy atom. The summed E-state index contributed by atoms with van der Waals surface area (Å²) >= 11 is 0. The summed E-state index contributed by atoms with van der Waals surface area (Å²) in [7, 11) is 0. The Morgan fingerprint density at radius 2 is 2.11 bits per heavy atom. The van der Waals surface area contributed by atoms with Crippen LogP contribution in [0.5, 0.6) is 11.5 Å². The highest BCUT2D eigenvalue weighted by atomic mass is 16.5. The lowest BCUT2D eigenvalue weighted by Gasteiger charge is -2.10. The SMILES string of the molecule is O=C(NCCO)c1ccccc1Oc1cccnc1. The van der Waals surface area contributed by atoms with E-state index in [4.69, 9.17) is 9.84 Å². The number of nitrogens with zero attached hydrogens (tertiary/aromatic N) is 1. The number of hydrogen-bond acceptors (Lipinski definition) is 4. The Balaban J connectivity index is 2.19. The van der Waals surface area contributed by atoms with Gasteiger partial charge in [-0.3, -0.25) is 9.78 Å². The number of hydrogen-bond donors (Lipinski definition) is 2. The van der Waals surface area contributed by atoms with Gasteiger partial charge in [-0.2, -0.15) is 0 Å². The van der Waals surface area contributed by atoms with Crippen LogP contribution in [0.3, 0.4) is 0 Å². The Morgan fingerprint density at radius 3 is 2.84 bits per heavy atom. The highest BCUT2D eigenvalue weighted by Gasteiger charge is 2.11. The molecule has 0 bridgehead atoms. The molecule has 0 spiro atoms. The maximum Gasteiger partial charge on any atom is 0.255 e. The molecule has 0 aliphatic rings. The lowest BCUT2D eigenvalue weighted by Crippen LogP contribution is -2.26. The molecule has 0 saturated heterocycles. The lowest BCUT2D eigenvalue weighted by atomic mass is 10.2. The Hall–Kier alpha value is -2.40. The van der Waals surface area contributed by atoms with Gasteiger partial charge in [0.05, 0.1) is 18.4 Å². The van der Waals surface area contributed by atoms with Gasteiger partial charge in [0, 0.05) is 12.7 Å². The summed E-state index contributed by atoms with van der Waals surface area (Å²) in [5.74, 6) is 0.726. The molecule has 0 aliphatic heterocycles. The van der Waals surface area contributed by atoms with Gasteiger partial charge in [-0.15, -0.1) is 0 Å². The van der Waals surface area contributed by atoms with Crippen LogP contribution in [0.1, 0.15) is 10.4 Å². The number of aromatic nitrogens is 1. The zero-order valence-electron chi connectivity index (χ0n) is 10.2. The van der Waals surface area contributed by atoms with Crippen molar-refractivity contribution in [3.8, 4) is 11.5 Å². The van der Waals surface area contributed by atoms with Crippen LogP contribution >= 0.6 is 0 Å². The third-order valence-electron chi connectivity index (χ3n) is 2.39. The molecule has 1 heterocycles. The van der Waals surface area contributed by atoms with Gasteiger partial charge in [-0.1, -0.05) is 12.1 Å². The van der Waals surface area contributed by atoms with Gasteiger partial charge in [-0.25, -0.2) is 0 Å². The monoisotopic (exact) mass is 258 g/mol. The minimum absolute atomic E-state index is 0.0998. The van der Waals surface area contributed by atoms with Crippen molar-refractivity contribution in [3.05, 3.63) is 54.4 Å². The van der Waals surface area contributed by atoms with E-state index in [0.717, 1.165) is 0 Å². The second-order valence-electron chi connectivity index (χ2n) is 3.77. The first kappa shape index (κ1) is 13.0. The van der Waals surface area contributed by atoms with Gasteiger partial charge in [0.25, 0.3) is 5.91 Å². The summed E-state index contributed by atoms with van der Waals surface area (Å²) in [6.45, 7) is 0.109. The van der Waals surface area contributed by atoms with E-state index in [-0.39, 0.29) is 19.1 Å². The zero-order valence-corrected chi connectivity index (χ0v) is 10.2. The Bertz CT molecular complexity index is 543. The standard InChI is InChI=1S/C14H14N2O3/c17-9-8-16-14(18)12-5-1-2-6-13(12)19-11-4-3-7-15-10-11/h1-7,10,17H,8-9H2,(H,16,18). The summed E-state index contributed by atoms with van der Waals surface area (Å²) in [6, 6.07) is 10.4. The first-order valence-electron chi connectivity index (χ1n) is 5.87. The predicted octanol–water partition coefficient (Wildman–Crippen LogP) is 1.60. The van der Waals surface area contributed by atoms with E-state index in [9.17, 15) is 4.79 Å². The number of benzene rings is 1. The number of aliphatic hydroxyl groups excluding tert-OH is 1. The van der Waals surface area contributed by atoms with Crippen LogP contribution < -0.4 is 10.1 Å². The number of rotatable bonds is 5. The van der Waals surface area contributed by atoms with Gasteiger partial charge in [0.1, 0.15) is 11.5 Å². The van der Waals surface area contributed by atoms with Gasteiger partial charge in [-0.05, 0) is 24.3 Å². The molecule has 0 saturated carbocycles. The summed E-state index contributed by atoms with van der Waals surface area (Å²) in [6.07, 6.45) is 3.22. The highest BCUT2D eigenvalue weighted by Crippen LogP contribution is 2.24. The molecule has 2 rings (SSSR count). The van der Waals surface area contributed by atoms with E-state index >= 15 is 0 Å². The number of amides is 1. The fourth-order valence-electron chi connectivity index (χ4n) is 1.54. The molecule has 2 aromatic rings. The molecule has 2 N–H and O–H groups in total. The average Bonchev–Trinajstić information content (AvgIpc) is 2.46. The third kappa shape index (κ3) is 3.53. The third-order valence-corrected chi connectivity index (χ3v) is 2.39. The molecule has 1 amide bonds. The molecule has 0 aliphatic carbocycles. The van der Waals surface area contributed by atoms with Crippen molar-refractivity contribution in [2.24, 2.45) is 0 Å². The second-order valence-corrected chi connectivity index (χ2v) is 3.77. The van der Waals surface area contributed by atoms with E-state index in [1.165, 1.54) is 0 Å². The van der Waals surface area contributed by atoms with E-state index < -0.39 is 0 Å². The normalized spacial score (nSPS) is 9.95. The van der Waals surface area contributed by atoms with Gasteiger partial charge in [0.15, 0.2) is 0 Å². The van der Waals surface area contributed by atoms with E-state index in [0.29, 0.717) is 17.1 Å². The topological polar surface area (TPSA) is 71.5 Å². The molecule has 0 unspecified atom stereocenters. The molecule has 0 radical (unpaired) electrons. The van der Waals surface area contributed by atoms with Crippen molar-refractivity contribution in [1.29, 1.82) is 0 Å². The molecule has 0 fully saturated rings. The number of aliphatic hydroxyl groups is 1. The average molecular weight is 258 g/mol. The molecule has 19 heavy (non-hydrogen) atoms. The molecule has 0 atom stereocenters. The number of ether oxygens (including phenoxy) is 1. The van der Waals surface area contributed by atoms with Crippen molar-refractivity contribution in [1.82, 2.24) is 10.3 Å². The summed E-state index contributed by atoms with van der Waals surface area (Å²) in [5.41, 5.74) is 0.416. The van der Waals surface area contributed by atoms with E-state index in [1.54, 1.807) is 48.8 Å². The van der Waals surface area contributed by atoms with Crippen LogP contribution in [-0.2, 0) is 0 Å². The minimum atomic E-state index is -0.284. The molecular formula is C14H14N2O3. The van der Waals surface area contributed by atoms with Crippen LogP contribution in [0.25, 0.3) is 0 Å².